The summed E-state index contributed by atoms with van der Waals surface area (Å²) in [7, 11) is -27.6. The number of ether oxygens (including phenoxy) is 8. The third-order valence-electron chi connectivity index (χ3n) is 3.31. The first-order valence-corrected chi connectivity index (χ1v) is 6.52. The van der Waals surface area contributed by atoms with Crippen molar-refractivity contribution >= 4 is 10.8 Å². The highest BCUT2D eigenvalue weighted by molar-refractivity contribution is 6.09. The van der Waals surface area contributed by atoms with Crippen LogP contribution in [0.15, 0.2) is 0 Å². The van der Waals surface area contributed by atoms with Gasteiger partial charge in [0.1, 0.15) is 0 Å². The summed E-state index contributed by atoms with van der Waals surface area (Å²) in [6.45, 7) is -8.40. The van der Waals surface area contributed by atoms with Gasteiger partial charge in [0, 0.05) is 8.22 Å². The summed E-state index contributed by atoms with van der Waals surface area (Å²) in [5, 5.41) is -3.41. The lowest BCUT2D eigenvalue weighted by atomic mass is 10.0. The quantitative estimate of drug-likeness (QED) is 0.603. The highest BCUT2D eigenvalue weighted by Gasteiger charge is 2.33. The number of rotatable bonds is 9. The van der Waals surface area contributed by atoms with Crippen LogP contribution in [0.5, 0.6) is 46.0 Å². The second kappa shape index (κ2) is 8.86. The van der Waals surface area contributed by atoms with Crippen LogP contribution in [-0.2, 0) is 0 Å². The Kier molecular flexibility index (Phi) is 1.58. The molecule has 2 aromatic rings. The van der Waals surface area contributed by atoms with Gasteiger partial charge in [0.05, 0.1) is 96.3 Å². The van der Waals surface area contributed by atoms with Crippen LogP contribution in [0.1, 0.15) is 52.1 Å². The Balaban J connectivity index is 3.97. The summed E-state index contributed by atoms with van der Waals surface area (Å²) in [5.41, 5.74) is 0. The van der Waals surface area contributed by atoms with Gasteiger partial charge >= 0.3 is 0 Å². The van der Waals surface area contributed by atoms with Crippen molar-refractivity contribution in [3.05, 3.63) is 0 Å². The van der Waals surface area contributed by atoms with Gasteiger partial charge in [-0.2, -0.15) is 0 Å². The van der Waals surface area contributed by atoms with E-state index < -0.39 is 126 Å². The largest absolute Gasteiger partial charge is 0.492 e. The Morgan fingerprint density at radius 2 is 0.821 bits per heavy atom. The van der Waals surface area contributed by atoms with Gasteiger partial charge < -0.3 is 37.9 Å². The molecule has 0 aliphatic carbocycles. The van der Waals surface area contributed by atoms with E-state index in [4.69, 9.17) is 76.3 Å². The lowest BCUT2D eigenvalue weighted by molar-refractivity contribution is 0.216. The Labute approximate surface area is 204 Å². The molecular weight excluding hydrogens is 368 g/mol. The van der Waals surface area contributed by atoms with Gasteiger partial charge in [-0.3, -0.25) is 0 Å². The SMILES string of the molecule is [2H]C([2H])([2H])Oc1c(OC([2H])([2H])[2H])c(OC([2H])([2H])[2H])c2c(OC([2H])([2H])[2H])c(OC([2H])(C([2H])([2H])[2H])C([2H])([2H])[2H])c(OC([2H])([2H])[2H])c(OC([2H])([2H])[2H])c2c1OC([2H])([2H])[2H]. The zero-order valence-electron chi connectivity index (χ0n) is 41.3. The molecule has 0 saturated carbocycles. The molecule has 0 fully saturated rings. The molecule has 0 aromatic heterocycles. The van der Waals surface area contributed by atoms with Crippen molar-refractivity contribution in [1.29, 1.82) is 0 Å². The minimum atomic E-state index is -4.41. The van der Waals surface area contributed by atoms with E-state index in [2.05, 4.69) is 0 Å². The normalized spacial score (nSPS) is 29.9. The van der Waals surface area contributed by atoms with E-state index in [0.717, 1.165) is 0 Å². The van der Waals surface area contributed by atoms with E-state index in [1.165, 1.54) is 0 Å². The molecule has 0 saturated heterocycles. The van der Waals surface area contributed by atoms with Crippen molar-refractivity contribution in [2.75, 3.05) is 49.3 Å². The first-order valence-electron chi connectivity index (χ1n) is 20.5. The summed E-state index contributed by atoms with van der Waals surface area (Å²) in [5.74, 6) is -15.2. The maximum Gasteiger partial charge on any atom is 0.208 e. The molecule has 0 unspecified atom stereocenters. The van der Waals surface area contributed by atoms with Gasteiger partial charge in [0.25, 0.3) is 0 Å². The van der Waals surface area contributed by atoms with Gasteiger partial charge in [-0.1, -0.05) is 0 Å². The topological polar surface area (TPSA) is 73.8 Å². The Hall–Kier alpha value is -2.90. The summed E-state index contributed by atoms with van der Waals surface area (Å²) in [6.07, 6.45) is -4.41. The fourth-order valence-corrected chi connectivity index (χ4v) is 2.39. The lowest BCUT2D eigenvalue weighted by Crippen LogP contribution is -2.10. The highest BCUT2D eigenvalue weighted by atomic mass is 16.6. The van der Waals surface area contributed by atoms with Gasteiger partial charge in [0.15, 0.2) is 23.0 Å². The lowest BCUT2D eigenvalue weighted by Gasteiger charge is -2.25. The van der Waals surface area contributed by atoms with Gasteiger partial charge in [-0.15, -0.1) is 0 Å². The molecule has 0 spiro atoms. The van der Waals surface area contributed by atoms with Crippen LogP contribution in [0, 0.1) is 0 Å². The third-order valence-corrected chi connectivity index (χ3v) is 3.31. The van der Waals surface area contributed by atoms with E-state index in [9.17, 15) is 0 Å². The van der Waals surface area contributed by atoms with Crippen LogP contribution in [0.2, 0.25) is 0 Å². The Morgan fingerprint density at radius 3 is 1.18 bits per heavy atom. The van der Waals surface area contributed by atoms with Crippen molar-refractivity contribution in [2.45, 2.75) is 19.8 Å². The maximum atomic E-state index is 8.43. The smallest absolute Gasteiger partial charge is 0.208 e. The minimum Gasteiger partial charge on any atom is -0.492 e. The average Bonchev–Trinajstić information content (AvgIpc) is 2.85. The maximum absolute atomic E-state index is 8.43. The predicted octanol–water partition coefficient (Wildman–Crippen LogP) is 3.69. The van der Waals surface area contributed by atoms with Crippen molar-refractivity contribution in [3.63, 3.8) is 0 Å². The molecule has 0 bridgehead atoms. The van der Waals surface area contributed by atoms with Crippen LogP contribution in [0.25, 0.3) is 10.8 Å². The molecule has 156 valence electrons. The first-order chi connectivity index (χ1) is 24.3. The molecule has 0 atom stereocenters. The van der Waals surface area contributed by atoms with E-state index in [-0.39, 0.29) is 0 Å². The van der Waals surface area contributed by atoms with Crippen molar-refractivity contribution < 1.29 is 76.3 Å². The fourth-order valence-electron chi connectivity index (χ4n) is 2.39. The van der Waals surface area contributed by atoms with E-state index in [0.29, 0.717) is 0 Å². The van der Waals surface area contributed by atoms with Crippen LogP contribution in [0.3, 0.4) is 0 Å². The molecule has 0 aliphatic rings. The minimum absolute atomic E-state index is 1.68. The highest BCUT2D eigenvalue weighted by Crippen LogP contribution is 2.61. The predicted molar refractivity (Wildman–Crippen MR) is 106 cm³/mol. The van der Waals surface area contributed by atoms with Crippen molar-refractivity contribution in [1.82, 2.24) is 0 Å². The molecule has 0 N–H and O–H groups in total. The summed E-state index contributed by atoms with van der Waals surface area (Å²) < 4.78 is 256. The number of fused-ring (bicyclic) bond motifs is 1. The zero-order valence-corrected chi connectivity index (χ0v) is 13.3. The van der Waals surface area contributed by atoms with E-state index in [1.807, 2.05) is 0 Å². The number of hydrogen-bond donors (Lipinski definition) is 0. The molecule has 2 aromatic carbocycles. The molecule has 0 amide bonds. The molecule has 8 nitrogen and oxygen atoms in total. The number of hydrogen-bond acceptors (Lipinski definition) is 8. The van der Waals surface area contributed by atoms with Crippen LogP contribution < -0.4 is 37.9 Å². The van der Waals surface area contributed by atoms with Gasteiger partial charge in [-0.25, -0.2) is 0 Å². The Morgan fingerprint density at radius 1 is 0.500 bits per heavy atom. The van der Waals surface area contributed by atoms with E-state index >= 15 is 0 Å². The number of methoxy groups -OCH3 is 7. The van der Waals surface area contributed by atoms with Crippen LogP contribution in [0.4, 0.5) is 0 Å². The van der Waals surface area contributed by atoms with Crippen LogP contribution in [-0.4, -0.2) is 55.3 Å². The fraction of sp³-hybridized carbons (Fsp3) is 0.500. The van der Waals surface area contributed by atoms with Crippen molar-refractivity contribution in [2.24, 2.45) is 0 Å². The second-order valence-corrected chi connectivity index (χ2v) is 4.53. The Bertz CT molecular complexity index is 1720. The first kappa shape index (κ1) is 4.98. The standard InChI is InChI=1S/C20H28O8/c1-10(2)28-20-16(24-6)12-11(15(23-5)19(20)27-9)13(21-3)17(25-7)18(26-8)14(12)22-4/h10H,1-9H3/i1D3,2D3,3D3,4D3,5D3,6D3,7D3,8D3,9D3,10D. The van der Waals surface area contributed by atoms with E-state index in [1.54, 1.807) is 0 Å². The molecular formula is C20H28O8. The summed E-state index contributed by atoms with van der Waals surface area (Å²) in [4.78, 5) is 0. The van der Waals surface area contributed by atoms with Gasteiger partial charge in [0.2, 0.25) is 23.0 Å². The number of benzene rings is 2. The molecule has 28 heavy (non-hydrogen) atoms. The second-order valence-electron chi connectivity index (χ2n) is 4.53. The zero-order chi connectivity index (χ0) is 44.4. The molecule has 8 heteroatoms. The van der Waals surface area contributed by atoms with Gasteiger partial charge in [-0.05, 0) is 13.7 Å². The average molecular weight is 425 g/mol. The molecule has 0 aliphatic heterocycles. The third kappa shape index (κ3) is 3.23. The van der Waals surface area contributed by atoms with Crippen molar-refractivity contribution in [3.8, 4) is 46.0 Å². The molecule has 0 heterocycles. The van der Waals surface area contributed by atoms with Crippen LogP contribution >= 0.6 is 0 Å². The summed E-state index contributed by atoms with van der Waals surface area (Å²) in [6, 6.07) is 0. The summed E-state index contributed by atoms with van der Waals surface area (Å²) >= 11 is 0. The monoisotopic (exact) mass is 424 g/mol. The molecule has 2 rings (SSSR count). The molecule has 0 radical (unpaired) electrons.